The first-order valence-electron chi connectivity index (χ1n) is 9.46. The first-order valence-corrected chi connectivity index (χ1v) is 9.46. The second-order valence-corrected chi connectivity index (χ2v) is 6.50. The number of carbonyl (C=O) groups is 2. The zero-order valence-corrected chi connectivity index (χ0v) is 17.0. The Morgan fingerprint density at radius 3 is 2.23 bits per heavy atom. The van der Waals surface area contributed by atoms with Crippen LogP contribution in [0, 0.1) is 0 Å². The predicted octanol–water partition coefficient (Wildman–Crippen LogP) is 1.40. The second-order valence-electron chi connectivity index (χ2n) is 6.50. The van der Waals surface area contributed by atoms with Crippen LogP contribution in [0.2, 0.25) is 0 Å². The monoisotopic (exact) mass is 412 g/mol. The Balaban J connectivity index is 1.46. The van der Waals surface area contributed by atoms with Crippen molar-refractivity contribution in [2.45, 2.75) is 0 Å². The minimum absolute atomic E-state index is 0.228. The first kappa shape index (κ1) is 21.1. The molecule has 0 spiro atoms. The van der Waals surface area contributed by atoms with Crippen molar-refractivity contribution in [1.82, 2.24) is 14.9 Å². The van der Waals surface area contributed by atoms with Gasteiger partial charge in [0.1, 0.15) is 11.5 Å². The highest BCUT2D eigenvalue weighted by atomic mass is 16.5. The summed E-state index contributed by atoms with van der Waals surface area (Å²) in [6, 6.07) is 7.01. The highest BCUT2D eigenvalue weighted by Crippen LogP contribution is 2.23. The molecule has 0 radical (unpaired) electrons. The smallest absolute Gasteiger partial charge is 0.331 e. The summed E-state index contributed by atoms with van der Waals surface area (Å²) in [5, 5.41) is 0. The Bertz CT molecular complexity index is 873. The van der Waals surface area contributed by atoms with Crippen LogP contribution in [0.5, 0.6) is 11.5 Å². The summed E-state index contributed by atoms with van der Waals surface area (Å²) in [5.74, 6) is 1.04. The van der Waals surface area contributed by atoms with Gasteiger partial charge in [-0.1, -0.05) is 0 Å². The van der Waals surface area contributed by atoms with Gasteiger partial charge in [-0.3, -0.25) is 4.79 Å². The SMILES string of the molecule is COc1cc(/C=C/C(=O)OCC(=O)N2CCN(c3ncccn3)CC2)cc(OC)c1. The van der Waals surface area contributed by atoms with Crippen LogP contribution in [0.15, 0.2) is 42.7 Å². The Hall–Kier alpha value is -3.62. The molecule has 2 heterocycles. The number of amides is 1. The van der Waals surface area contributed by atoms with Crippen LogP contribution in [-0.4, -0.2) is 73.7 Å². The van der Waals surface area contributed by atoms with Crippen LogP contribution in [0.3, 0.4) is 0 Å². The molecule has 0 aliphatic carbocycles. The zero-order valence-electron chi connectivity index (χ0n) is 17.0. The van der Waals surface area contributed by atoms with Gasteiger partial charge in [0, 0.05) is 50.7 Å². The first-order chi connectivity index (χ1) is 14.6. The average molecular weight is 412 g/mol. The topological polar surface area (TPSA) is 94.1 Å². The number of piperazine rings is 1. The minimum atomic E-state index is -0.596. The van der Waals surface area contributed by atoms with Gasteiger partial charge in [-0.25, -0.2) is 14.8 Å². The number of aromatic nitrogens is 2. The molecule has 0 N–H and O–H groups in total. The van der Waals surface area contributed by atoms with Crippen molar-refractivity contribution in [1.29, 1.82) is 0 Å². The summed E-state index contributed by atoms with van der Waals surface area (Å²) in [6.45, 7) is 2.00. The summed E-state index contributed by atoms with van der Waals surface area (Å²) in [7, 11) is 3.10. The lowest BCUT2D eigenvalue weighted by atomic mass is 10.2. The molecule has 1 saturated heterocycles. The molecular weight excluding hydrogens is 388 g/mol. The van der Waals surface area contributed by atoms with Gasteiger partial charge in [0.05, 0.1) is 14.2 Å². The number of esters is 1. The Labute approximate surface area is 174 Å². The van der Waals surface area contributed by atoms with E-state index in [1.807, 2.05) is 4.90 Å². The highest BCUT2D eigenvalue weighted by molar-refractivity contribution is 5.89. The molecular formula is C21H24N4O5. The lowest BCUT2D eigenvalue weighted by Gasteiger charge is -2.34. The molecule has 9 nitrogen and oxygen atoms in total. The van der Waals surface area contributed by atoms with Crippen LogP contribution in [-0.2, 0) is 14.3 Å². The van der Waals surface area contributed by atoms with E-state index in [0.29, 0.717) is 49.2 Å². The largest absolute Gasteiger partial charge is 0.497 e. The molecule has 1 amide bonds. The maximum absolute atomic E-state index is 12.3. The molecule has 1 aliphatic rings. The normalized spacial score (nSPS) is 13.9. The van der Waals surface area contributed by atoms with Crippen LogP contribution in [0.25, 0.3) is 6.08 Å². The Morgan fingerprint density at radius 1 is 1.00 bits per heavy atom. The number of carbonyl (C=O) groups excluding carboxylic acids is 2. The van der Waals surface area contributed by atoms with Gasteiger partial charge in [0.25, 0.3) is 5.91 Å². The van der Waals surface area contributed by atoms with Gasteiger partial charge in [0.2, 0.25) is 5.95 Å². The van der Waals surface area contributed by atoms with Crippen LogP contribution >= 0.6 is 0 Å². The number of hydrogen-bond acceptors (Lipinski definition) is 8. The fraction of sp³-hybridized carbons (Fsp3) is 0.333. The van der Waals surface area contributed by atoms with E-state index >= 15 is 0 Å². The van der Waals surface area contributed by atoms with Gasteiger partial charge in [-0.2, -0.15) is 0 Å². The number of methoxy groups -OCH3 is 2. The van der Waals surface area contributed by atoms with Crippen molar-refractivity contribution in [3.8, 4) is 11.5 Å². The summed E-state index contributed by atoms with van der Waals surface area (Å²) < 4.78 is 15.5. The van der Waals surface area contributed by atoms with Gasteiger partial charge >= 0.3 is 5.97 Å². The second kappa shape index (κ2) is 10.2. The molecule has 0 bridgehead atoms. The van der Waals surface area contributed by atoms with E-state index < -0.39 is 5.97 Å². The molecule has 1 fully saturated rings. The van der Waals surface area contributed by atoms with Crippen molar-refractivity contribution in [2.24, 2.45) is 0 Å². The molecule has 9 heteroatoms. The summed E-state index contributed by atoms with van der Waals surface area (Å²) in [5.41, 5.74) is 0.716. The van der Waals surface area contributed by atoms with Crippen LogP contribution in [0.1, 0.15) is 5.56 Å². The standard InChI is InChI=1S/C21H24N4O5/c1-28-17-12-16(13-18(14-17)29-2)4-5-20(27)30-15-19(26)24-8-10-25(11-9-24)21-22-6-3-7-23-21/h3-7,12-14H,8-11,15H2,1-2H3/b5-4+. The molecule has 0 unspecified atom stereocenters. The van der Waals surface area contributed by atoms with Gasteiger partial charge in [-0.05, 0) is 29.8 Å². The van der Waals surface area contributed by atoms with Crippen molar-refractivity contribution < 1.29 is 23.8 Å². The van der Waals surface area contributed by atoms with Gasteiger partial charge < -0.3 is 24.0 Å². The third-order valence-electron chi connectivity index (χ3n) is 4.59. The maximum atomic E-state index is 12.3. The van der Waals surface area contributed by atoms with Crippen molar-refractivity contribution in [3.05, 3.63) is 48.3 Å². The summed E-state index contributed by atoms with van der Waals surface area (Å²) >= 11 is 0. The fourth-order valence-electron chi connectivity index (χ4n) is 2.97. The lowest BCUT2D eigenvalue weighted by molar-refractivity contribution is -0.148. The molecule has 1 aromatic heterocycles. The molecule has 0 atom stereocenters. The van der Waals surface area contributed by atoms with Crippen molar-refractivity contribution in [2.75, 3.05) is 51.9 Å². The predicted molar refractivity (Wildman–Crippen MR) is 110 cm³/mol. The lowest BCUT2D eigenvalue weighted by Crippen LogP contribution is -2.50. The quantitative estimate of drug-likeness (QED) is 0.498. The summed E-state index contributed by atoms with van der Waals surface area (Å²) in [6.07, 6.45) is 6.23. The number of ether oxygens (including phenoxy) is 3. The third-order valence-corrected chi connectivity index (χ3v) is 4.59. The number of rotatable bonds is 7. The van der Waals surface area contributed by atoms with E-state index in [-0.39, 0.29) is 12.5 Å². The Kier molecular flexibility index (Phi) is 7.20. The Morgan fingerprint density at radius 2 is 1.63 bits per heavy atom. The third kappa shape index (κ3) is 5.69. The number of hydrogen-bond donors (Lipinski definition) is 0. The molecule has 1 aliphatic heterocycles. The molecule has 2 aromatic rings. The van der Waals surface area contributed by atoms with E-state index in [1.54, 1.807) is 61.9 Å². The highest BCUT2D eigenvalue weighted by Gasteiger charge is 2.22. The van der Waals surface area contributed by atoms with Crippen LogP contribution < -0.4 is 14.4 Å². The van der Waals surface area contributed by atoms with Gasteiger partial charge in [-0.15, -0.1) is 0 Å². The molecule has 0 saturated carbocycles. The van der Waals surface area contributed by atoms with Crippen LogP contribution in [0.4, 0.5) is 5.95 Å². The number of anilines is 1. The van der Waals surface area contributed by atoms with Gasteiger partial charge in [0.15, 0.2) is 6.61 Å². The summed E-state index contributed by atoms with van der Waals surface area (Å²) in [4.78, 5) is 36.4. The zero-order chi connectivity index (χ0) is 21.3. The molecule has 1 aromatic carbocycles. The molecule has 3 rings (SSSR count). The van der Waals surface area contributed by atoms with E-state index in [0.717, 1.165) is 0 Å². The fourth-order valence-corrected chi connectivity index (χ4v) is 2.97. The average Bonchev–Trinajstić information content (AvgIpc) is 2.81. The van der Waals surface area contributed by atoms with E-state index in [9.17, 15) is 9.59 Å². The molecule has 30 heavy (non-hydrogen) atoms. The number of nitrogens with zero attached hydrogens (tertiary/aromatic N) is 4. The van der Waals surface area contributed by atoms with E-state index in [1.165, 1.54) is 6.08 Å². The molecule has 158 valence electrons. The van der Waals surface area contributed by atoms with Crippen molar-refractivity contribution >= 4 is 23.9 Å². The maximum Gasteiger partial charge on any atom is 0.331 e. The minimum Gasteiger partial charge on any atom is -0.497 e. The van der Waals surface area contributed by atoms with Crippen molar-refractivity contribution in [3.63, 3.8) is 0 Å². The van der Waals surface area contributed by atoms with E-state index in [4.69, 9.17) is 14.2 Å². The number of benzene rings is 1. The van der Waals surface area contributed by atoms with E-state index in [2.05, 4.69) is 9.97 Å².